The number of benzene rings is 2. The highest BCUT2D eigenvalue weighted by atomic mass is 16.5. The van der Waals surface area contributed by atoms with Gasteiger partial charge in [0.05, 0.1) is 32.2 Å². The Hall–Kier alpha value is -3.02. The van der Waals surface area contributed by atoms with Gasteiger partial charge in [-0.25, -0.2) is 4.98 Å². The third-order valence-electron chi connectivity index (χ3n) is 4.80. The van der Waals surface area contributed by atoms with Crippen LogP contribution in [0.3, 0.4) is 0 Å². The number of nitrogens with zero attached hydrogens (tertiary/aromatic N) is 2. The molecular weight excluding hydrogens is 356 g/mol. The first-order valence-corrected chi connectivity index (χ1v) is 9.39. The van der Waals surface area contributed by atoms with E-state index < -0.39 is 0 Å². The highest BCUT2D eigenvalue weighted by Gasteiger charge is 2.15. The van der Waals surface area contributed by atoms with Crippen LogP contribution in [0, 0.1) is 0 Å². The molecular formula is C22H26N2O4. The fourth-order valence-corrected chi connectivity index (χ4v) is 3.20. The third-order valence-corrected chi connectivity index (χ3v) is 4.80. The first kappa shape index (κ1) is 19.7. The summed E-state index contributed by atoms with van der Waals surface area (Å²) >= 11 is 0. The van der Waals surface area contributed by atoms with Crippen molar-refractivity contribution in [3.05, 3.63) is 58.1 Å². The van der Waals surface area contributed by atoms with E-state index in [1.807, 2.05) is 24.3 Å². The van der Waals surface area contributed by atoms with Gasteiger partial charge in [-0.05, 0) is 30.2 Å². The molecule has 0 aliphatic heterocycles. The van der Waals surface area contributed by atoms with Crippen LogP contribution in [0.2, 0.25) is 0 Å². The molecule has 0 saturated carbocycles. The van der Waals surface area contributed by atoms with Gasteiger partial charge in [0.2, 0.25) is 0 Å². The predicted molar refractivity (Wildman–Crippen MR) is 110 cm³/mol. The fraction of sp³-hybridized carbons (Fsp3) is 0.364. The summed E-state index contributed by atoms with van der Waals surface area (Å²) < 4.78 is 17.7. The zero-order valence-corrected chi connectivity index (χ0v) is 16.8. The molecule has 6 nitrogen and oxygen atoms in total. The number of hydrogen-bond acceptors (Lipinski definition) is 5. The Morgan fingerprint density at radius 1 is 0.964 bits per heavy atom. The maximum Gasteiger partial charge on any atom is 0.261 e. The Balaban J connectivity index is 2.13. The summed E-state index contributed by atoms with van der Waals surface area (Å²) in [6, 6.07) is 11.3. The molecule has 1 heterocycles. The summed E-state index contributed by atoms with van der Waals surface area (Å²) in [7, 11) is 4.78. The van der Waals surface area contributed by atoms with Crippen molar-refractivity contribution in [3.63, 3.8) is 0 Å². The summed E-state index contributed by atoms with van der Waals surface area (Å²) in [5.74, 6) is 2.63. The minimum absolute atomic E-state index is 0.0529. The van der Waals surface area contributed by atoms with Crippen molar-refractivity contribution in [2.45, 2.75) is 32.7 Å². The molecule has 6 heteroatoms. The van der Waals surface area contributed by atoms with Gasteiger partial charge in [-0.1, -0.05) is 25.5 Å². The van der Waals surface area contributed by atoms with Crippen LogP contribution in [0.1, 0.15) is 31.2 Å². The molecule has 0 unspecified atom stereocenters. The molecule has 3 rings (SSSR count). The lowest BCUT2D eigenvalue weighted by molar-refractivity contribution is 0.355. The van der Waals surface area contributed by atoms with Crippen LogP contribution in [0.25, 0.3) is 10.9 Å². The summed E-state index contributed by atoms with van der Waals surface area (Å²) in [6.45, 7) is 2.74. The molecule has 0 N–H and O–H groups in total. The van der Waals surface area contributed by atoms with Crippen LogP contribution >= 0.6 is 0 Å². The van der Waals surface area contributed by atoms with Gasteiger partial charge in [-0.15, -0.1) is 0 Å². The second-order valence-electron chi connectivity index (χ2n) is 6.59. The molecule has 3 aromatic rings. The van der Waals surface area contributed by atoms with Crippen LogP contribution in [0.15, 0.2) is 41.2 Å². The first-order valence-electron chi connectivity index (χ1n) is 9.39. The van der Waals surface area contributed by atoms with Gasteiger partial charge in [0, 0.05) is 19.0 Å². The Labute approximate surface area is 164 Å². The number of ether oxygens (including phenoxy) is 3. The zero-order chi connectivity index (χ0) is 20.1. The van der Waals surface area contributed by atoms with E-state index in [-0.39, 0.29) is 5.56 Å². The lowest BCUT2D eigenvalue weighted by atomic mass is 10.1. The van der Waals surface area contributed by atoms with E-state index >= 15 is 0 Å². The fourth-order valence-electron chi connectivity index (χ4n) is 3.20. The highest BCUT2D eigenvalue weighted by molar-refractivity contribution is 5.82. The summed E-state index contributed by atoms with van der Waals surface area (Å²) in [4.78, 5) is 18.0. The summed E-state index contributed by atoms with van der Waals surface area (Å²) in [6.07, 6.45) is 2.47. The van der Waals surface area contributed by atoms with Crippen LogP contribution < -0.4 is 19.8 Å². The molecule has 2 aromatic carbocycles. The smallest absolute Gasteiger partial charge is 0.261 e. The molecule has 28 heavy (non-hydrogen) atoms. The molecule has 0 amide bonds. The zero-order valence-electron chi connectivity index (χ0n) is 16.8. The second-order valence-corrected chi connectivity index (χ2v) is 6.59. The Kier molecular flexibility index (Phi) is 6.19. The maximum absolute atomic E-state index is 13.2. The van der Waals surface area contributed by atoms with Gasteiger partial charge in [0.15, 0.2) is 11.5 Å². The minimum atomic E-state index is -0.0529. The molecule has 0 saturated heterocycles. The first-order chi connectivity index (χ1) is 13.6. The van der Waals surface area contributed by atoms with E-state index in [1.165, 1.54) is 0 Å². The van der Waals surface area contributed by atoms with Crippen molar-refractivity contribution in [3.8, 4) is 17.2 Å². The molecule has 0 radical (unpaired) electrons. The van der Waals surface area contributed by atoms with Crippen molar-refractivity contribution >= 4 is 10.9 Å². The third kappa shape index (κ3) is 3.96. The van der Waals surface area contributed by atoms with Crippen molar-refractivity contribution in [1.29, 1.82) is 0 Å². The standard InChI is InChI=1S/C22H26N2O4/c1-5-6-11-24-21(12-15-7-9-16(26-2)10-8-15)23-18-14-20(28-4)19(27-3)13-17(18)22(24)25/h7-10,13-14H,5-6,11-12H2,1-4H3. The van der Waals surface area contributed by atoms with Crippen LogP contribution in [-0.2, 0) is 13.0 Å². The van der Waals surface area contributed by atoms with Crippen molar-refractivity contribution in [1.82, 2.24) is 9.55 Å². The van der Waals surface area contributed by atoms with E-state index in [1.54, 1.807) is 38.0 Å². The minimum Gasteiger partial charge on any atom is -0.497 e. The topological polar surface area (TPSA) is 62.6 Å². The van der Waals surface area contributed by atoms with Crippen LogP contribution in [0.4, 0.5) is 0 Å². The van der Waals surface area contributed by atoms with Gasteiger partial charge >= 0.3 is 0 Å². The molecule has 0 aliphatic carbocycles. The quantitative estimate of drug-likeness (QED) is 0.593. The number of methoxy groups -OCH3 is 3. The average Bonchev–Trinajstić information content (AvgIpc) is 2.73. The average molecular weight is 382 g/mol. The molecule has 148 valence electrons. The summed E-state index contributed by atoms with van der Waals surface area (Å²) in [5, 5.41) is 0.534. The SMILES string of the molecule is CCCCn1c(Cc2ccc(OC)cc2)nc2cc(OC)c(OC)cc2c1=O. The van der Waals surface area contributed by atoms with Crippen molar-refractivity contribution in [2.75, 3.05) is 21.3 Å². The number of fused-ring (bicyclic) bond motifs is 1. The second kappa shape index (κ2) is 8.78. The Morgan fingerprint density at radius 3 is 2.25 bits per heavy atom. The van der Waals surface area contributed by atoms with E-state index in [0.29, 0.717) is 35.4 Å². The van der Waals surface area contributed by atoms with Gasteiger partial charge in [-0.3, -0.25) is 9.36 Å². The molecule has 0 bridgehead atoms. The molecule has 0 spiro atoms. The molecule has 0 fully saturated rings. The number of unbranched alkanes of at least 4 members (excludes halogenated alkanes) is 1. The largest absolute Gasteiger partial charge is 0.497 e. The predicted octanol–water partition coefficient (Wildman–Crippen LogP) is 3.81. The van der Waals surface area contributed by atoms with E-state index in [0.717, 1.165) is 30.0 Å². The molecule has 0 atom stereocenters. The van der Waals surface area contributed by atoms with E-state index in [4.69, 9.17) is 19.2 Å². The van der Waals surface area contributed by atoms with Gasteiger partial charge in [0.25, 0.3) is 5.56 Å². The van der Waals surface area contributed by atoms with E-state index in [2.05, 4.69) is 6.92 Å². The monoisotopic (exact) mass is 382 g/mol. The Morgan fingerprint density at radius 2 is 1.64 bits per heavy atom. The summed E-state index contributed by atoms with van der Waals surface area (Å²) in [5.41, 5.74) is 1.62. The number of rotatable bonds is 8. The Bertz CT molecular complexity index is 1010. The number of hydrogen-bond donors (Lipinski definition) is 0. The lowest BCUT2D eigenvalue weighted by Gasteiger charge is -2.15. The normalized spacial score (nSPS) is 10.9. The van der Waals surface area contributed by atoms with Gasteiger partial charge < -0.3 is 14.2 Å². The van der Waals surface area contributed by atoms with Crippen molar-refractivity contribution in [2.24, 2.45) is 0 Å². The molecule has 1 aromatic heterocycles. The van der Waals surface area contributed by atoms with Gasteiger partial charge in [0.1, 0.15) is 11.6 Å². The van der Waals surface area contributed by atoms with Gasteiger partial charge in [-0.2, -0.15) is 0 Å². The highest BCUT2D eigenvalue weighted by Crippen LogP contribution is 2.30. The number of aromatic nitrogens is 2. The van der Waals surface area contributed by atoms with Crippen LogP contribution in [0.5, 0.6) is 17.2 Å². The van der Waals surface area contributed by atoms with Crippen LogP contribution in [-0.4, -0.2) is 30.9 Å². The van der Waals surface area contributed by atoms with Crippen molar-refractivity contribution < 1.29 is 14.2 Å². The molecule has 0 aliphatic rings. The van der Waals surface area contributed by atoms with E-state index in [9.17, 15) is 4.79 Å². The maximum atomic E-state index is 13.2. The lowest BCUT2D eigenvalue weighted by Crippen LogP contribution is -2.26.